The number of guanidine groups is 1. The van der Waals surface area contributed by atoms with Crippen molar-refractivity contribution in [2.24, 2.45) is 4.99 Å². The molecule has 2 N–H and O–H groups in total. The molecule has 1 fully saturated rings. The fourth-order valence-electron chi connectivity index (χ4n) is 2.80. The molecule has 2 rings (SSSR count). The minimum Gasteiger partial charge on any atom is -0.383 e. The smallest absolute Gasteiger partial charge is 0.191 e. The molecule has 148 valence electrons. The third-order valence-electron chi connectivity index (χ3n) is 4.61. The van der Waals surface area contributed by atoms with Crippen LogP contribution in [-0.2, 0) is 4.74 Å². The van der Waals surface area contributed by atoms with Gasteiger partial charge >= 0.3 is 0 Å². The highest BCUT2D eigenvalue weighted by molar-refractivity contribution is 14.0. The van der Waals surface area contributed by atoms with E-state index < -0.39 is 0 Å². The summed E-state index contributed by atoms with van der Waals surface area (Å²) in [6.45, 7) is 7.28. The summed E-state index contributed by atoms with van der Waals surface area (Å²) < 4.78 is 18.9. The van der Waals surface area contributed by atoms with Crippen molar-refractivity contribution in [3.8, 4) is 0 Å². The van der Waals surface area contributed by atoms with Crippen molar-refractivity contribution in [2.45, 2.75) is 38.8 Å². The van der Waals surface area contributed by atoms with E-state index in [-0.39, 0.29) is 35.8 Å². The summed E-state index contributed by atoms with van der Waals surface area (Å²) in [5.41, 5.74) is 1.57. The Morgan fingerprint density at radius 1 is 1.38 bits per heavy atom. The maximum Gasteiger partial charge on any atom is 0.191 e. The van der Waals surface area contributed by atoms with Crippen LogP contribution in [0.2, 0.25) is 0 Å². The molecule has 1 aromatic rings. The Morgan fingerprint density at radius 3 is 2.69 bits per heavy atom. The van der Waals surface area contributed by atoms with Gasteiger partial charge in [0.05, 0.1) is 12.6 Å². The van der Waals surface area contributed by atoms with Gasteiger partial charge in [0.25, 0.3) is 0 Å². The Bertz CT molecular complexity index is 581. The van der Waals surface area contributed by atoms with Crippen LogP contribution in [0.15, 0.2) is 23.2 Å². The number of methoxy groups -OCH3 is 1. The monoisotopic (exact) mass is 478 g/mol. The van der Waals surface area contributed by atoms with Crippen LogP contribution in [0.1, 0.15) is 36.9 Å². The van der Waals surface area contributed by atoms with Crippen LogP contribution >= 0.6 is 24.0 Å². The molecule has 0 heterocycles. The average molecular weight is 478 g/mol. The van der Waals surface area contributed by atoms with Crippen LogP contribution in [0.4, 0.5) is 4.39 Å². The zero-order valence-corrected chi connectivity index (χ0v) is 18.5. The fraction of sp³-hybridized carbons (Fsp3) is 0.632. The first-order valence-electron chi connectivity index (χ1n) is 9.01. The lowest BCUT2D eigenvalue weighted by molar-refractivity contribution is 0.144. The standard InChI is InChI=1S/C19H31FN4O.HI/c1-14-5-6-16(13-18(14)20)15(2)23-19(21-3)22-9-10-24(11-12-25-4)17-7-8-17;/h5-6,13,15,17H,7-12H2,1-4H3,(H2,21,22,23);1H. The average Bonchev–Trinajstić information content (AvgIpc) is 3.44. The van der Waals surface area contributed by atoms with Crippen LogP contribution in [-0.4, -0.2) is 57.3 Å². The number of benzene rings is 1. The molecule has 1 aliphatic carbocycles. The lowest BCUT2D eigenvalue weighted by Gasteiger charge is -2.23. The van der Waals surface area contributed by atoms with Crippen LogP contribution in [0, 0.1) is 12.7 Å². The Kier molecular flexibility index (Phi) is 10.4. The number of halogens is 2. The molecule has 0 radical (unpaired) electrons. The third-order valence-corrected chi connectivity index (χ3v) is 4.61. The Hall–Kier alpha value is -0.930. The molecule has 0 spiro atoms. The topological polar surface area (TPSA) is 48.9 Å². The highest BCUT2D eigenvalue weighted by Gasteiger charge is 2.28. The van der Waals surface area contributed by atoms with E-state index >= 15 is 0 Å². The number of aliphatic imine (C=N–C) groups is 1. The normalized spacial score (nSPS) is 15.5. The number of rotatable bonds is 9. The fourth-order valence-corrected chi connectivity index (χ4v) is 2.80. The summed E-state index contributed by atoms with van der Waals surface area (Å²) in [6, 6.07) is 6.03. The predicted octanol–water partition coefficient (Wildman–Crippen LogP) is 3.09. The summed E-state index contributed by atoms with van der Waals surface area (Å²) in [5.74, 6) is 0.559. The van der Waals surface area contributed by atoms with Gasteiger partial charge in [0.15, 0.2) is 5.96 Å². The second kappa shape index (κ2) is 11.7. The maximum atomic E-state index is 13.7. The Morgan fingerprint density at radius 2 is 2.12 bits per heavy atom. The number of hydrogen-bond donors (Lipinski definition) is 2. The van der Waals surface area contributed by atoms with Gasteiger partial charge in [-0.3, -0.25) is 9.89 Å². The van der Waals surface area contributed by atoms with Gasteiger partial charge in [0.2, 0.25) is 0 Å². The van der Waals surface area contributed by atoms with Gasteiger partial charge in [0.1, 0.15) is 5.82 Å². The van der Waals surface area contributed by atoms with Gasteiger partial charge in [-0.25, -0.2) is 4.39 Å². The first-order chi connectivity index (χ1) is 12.0. The molecule has 0 aromatic heterocycles. The molecule has 1 unspecified atom stereocenters. The summed E-state index contributed by atoms with van der Waals surface area (Å²) in [4.78, 5) is 6.73. The summed E-state index contributed by atoms with van der Waals surface area (Å²) >= 11 is 0. The van der Waals surface area contributed by atoms with E-state index in [4.69, 9.17) is 4.74 Å². The number of aryl methyl sites for hydroxylation is 1. The van der Waals surface area contributed by atoms with Crippen molar-refractivity contribution in [3.63, 3.8) is 0 Å². The molecule has 1 aliphatic rings. The van der Waals surface area contributed by atoms with E-state index in [2.05, 4.69) is 20.5 Å². The van der Waals surface area contributed by atoms with E-state index in [1.165, 1.54) is 12.8 Å². The second-order valence-electron chi connectivity index (χ2n) is 6.63. The largest absolute Gasteiger partial charge is 0.383 e. The SMILES string of the molecule is CN=C(NCCN(CCOC)C1CC1)NC(C)c1ccc(C)c(F)c1.I. The molecule has 0 amide bonds. The molecular formula is C19H32FIN4O. The molecule has 1 atom stereocenters. The van der Waals surface area contributed by atoms with E-state index in [1.807, 2.05) is 19.1 Å². The molecular weight excluding hydrogens is 446 g/mol. The van der Waals surface area contributed by atoms with Crippen molar-refractivity contribution >= 4 is 29.9 Å². The number of hydrogen-bond acceptors (Lipinski definition) is 3. The van der Waals surface area contributed by atoms with E-state index in [0.29, 0.717) is 11.6 Å². The molecule has 26 heavy (non-hydrogen) atoms. The molecule has 0 saturated heterocycles. The minimum absolute atomic E-state index is 0. The summed E-state index contributed by atoms with van der Waals surface area (Å²) in [6.07, 6.45) is 2.57. The van der Waals surface area contributed by atoms with Gasteiger partial charge in [-0.15, -0.1) is 24.0 Å². The molecule has 1 aromatic carbocycles. The Balaban J connectivity index is 0.00000338. The van der Waals surface area contributed by atoms with E-state index in [0.717, 1.165) is 37.8 Å². The van der Waals surface area contributed by atoms with Crippen LogP contribution in [0.3, 0.4) is 0 Å². The number of nitrogens with zero attached hydrogens (tertiary/aromatic N) is 2. The van der Waals surface area contributed by atoms with Crippen molar-refractivity contribution in [2.75, 3.05) is 40.4 Å². The molecule has 0 bridgehead atoms. The van der Waals surface area contributed by atoms with Gasteiger partial charge in [0, 0.05) is 39.8 Å². The van der Waals surface area contributed by atoms with Crippen LogP contribution < -0.4 is 10.6 Å². The first-order valence-corrected chi connectivity index (χ1v) is 9.01. The molecule has 1 saturated carbocycles. The van der Waals surface area contributed by atoms with Gasteiger partial charge < -0.3 is 15.4 Å². The van der Waals surface area contributed by atoms with Crippen molar-refractivity contribution in [3.05, 3.63) is 35.1 Å². The molecule has 0 aliphatic heterocycles. The predicted molar refractivity (Wildman–Crippen MR) is 116 cm³/mol. The first kappa shape index (κ1) is 23.1. The summed E-state index contributed by atoms with van der Waals surface area (Å²) in [5, 5.41) is 6.67. The molecule has 7 heteroatoms. The quantitative estimate of drug-likeness (QED) is 0.326. The van der Waals surface area contributed by atoms with Crippen LogP contribution in [0.5, 0.6) is 0 Å². The lowest BCUT2D eigenvalue weighted by atomic mass is 10.1. The Labute approximate surface area is 173 Å². The molecule has 5 nitrogen and oxygen atoms in total. The summed E-state index contributed by atoms with van der Waals surface area (Å²) in [7, 11) is 3.49. The zero-order valence-electron chi connectivity index (χ0n) is 16.2. The van der Waals surface area contributed by atoms with Crippen molar-refractivity contribution in [1.82, 2.24) is 15.5 Å². The third kappa shape index (κ3) is 7.36. The van der Waals surface area contributed by atoms with Gasteiger partial charge in [-0.1, -0.05) is 12.1 Å². The highest BCUT2D eigenvalue weighted by Crippen LogP contribution is 2.26. The lowest BCUT2D eigenvalue weighted by Crippen LogP contribution is -2.43. The van der Waals surface area contributed by atoms with Crippen molar-refractivity contribution < 1.29 is 9.13 Å². The zero-order chi connectivity index (χ0) is 18.2. The van der Waals surface area contributed by atoms with E-state index in [9.17, 15) is 4.39 Å². The van der Waals surface area contributed by atoms with Gasteiger partial charge in [-0.2, -0.15) is 0 Å². The van der Waals surface area contributed by atoms with Crippen LogP contribution in [0.25, 0.3) is 0 Å². The number of ether oxygens (including phenoxy) is 1. The van der Waals surface area contributed by atoms with Crippen molar-refractivity contribution in [1.29, 1.82) is 0 Å². The maximum absolute atomic E-state index is 13.7. The second-order valence-corrected chi connectivity index (χ2v) is 6.63. The minimum atomic E-state index is -0.174. The van der Waals surface area contributed by atoms with E-state index in [1.54, 1.807) is 27.1 Å². The van der Waals surface area contributed by atoms with Gasteiger partial charge in [-0.05, 0) is 43.9 Å². The highest BCUT2D eigenvalue weighted by atomic mass is 127. The number of nitrogens with one attached hydrogen (secondary N) is 2.